The van der Waals surface area contributed by atoms with Gasteiger partial charge in [0.25, 0.3) is 0 Å². The molecule has 35 heavy (non-hydrogen) atoms. The Hall–Kier alpha value is -4.05. The van der Waals surface area contributed by atoms with Crippen molar-refractivity contribution in [3.05, 3.63) is 125 Å². The fraction of sp³-hybridized carbons (Fsp3) is 0.194. The van der Waals surface area contributed by atoms with Gasteiger partial charge in [-0.15, -0.1) is 0 Å². The Morgan fingerprint density at radius 3 is 1.80 bits per heavy atom. The summed E-state index contributed by atoms with van der Waals surface area (Å²) < 4.78 is 11.9. The van der Waals surface area contributed by atoms with Crippen molar-refractivity contribution in [1.82, 2.24) is 0 Å². The van der Waals surface area contributed by atoms with E-state index >= 15 is 0 Å². The summed E-state index contributed by atoms with van der Waals surface area (Å²) in [4.78, 5) is 0. The van der Waals surface area contributed by atoms with E-state index in [1.165, 1.54) is 0 Å². The summed E-state index contributed by atoms with van der Waals surface area (Å²) in [6, 6.07) is 31.3. The van der Waals surface area contributed by atoms with Gasteiger partial charge in [-0.05, 0) is 89.3 Å². The normalized spacial score (nSPS) is 11.2. The molecule has 0 amide bonds. The molecule has 4 rings (SSSR count). The third-order valence-corrected chi connectivity index (χ3v) is 6.23. The highest BCUT2D eigenvalue weighted by Gasteiger charge is 2.23. The highest BCUT2D eigenvalue weighted by atomic mass is 16.5. The second-order valence-electron chi connectivity index (χ2n) is 9.25. The Kier molecular flexibility index (Phi) is 7.21. The molecule has 0 radical (unpaired) electrons. The molecule has 0 saturated heterocycles. The van der Waals surface area contributed by atoms with Gasteiger partial charge in [0, 0.05) is 11.1 Å². The van der Waals surface area contributed by atoms with Gasteiger partial charge in [-0.3, -0.25) is 0 Å². The van der Waals surface area contributed by atoms with Gasteiger partial charge in [-0.2, -0.15) is 0 Å². The molecule has 0 unspecified atom stereocenters. The van der Waals surface area contributed by atoms with E-state index in [9.17, 15) is 5.11 Å². The topological polar surface area (TPSA) is 62.5 Å². The standard InChI is InChI=1S/C31H31NO3/c1-22(32)25-10-14-29(15-11-25)34-20-23-6-4-7-24(18-23)21-35-30-16-12-26(13-17-30)31(2,3)27-8-5-9-28(33)19-27/h4-19,32-33H,20-21H2,1-3H3. The Bertz CT molecular complexity index is 1290. The molecule has 0 saturated carbocycles. The second-order valence-corrected chi connectivity index (χ2v) is 9.25. The molecule has 0 aliphatic rings. The number of phenolic OH excluding ortho intramolecular Hbond substituents is 1. The molecular weight excluding hydrogens is 434 g/mol. The zero-order chi connectivity index (χ0) is 24.8. The number of rotatable bonds is 9. The molecule has 4 aromatic carbocycles. The predicted octanol–water partition coefficient (Wildman–Crippen LogP) is 7.26. The van der Waals surface area contributed by atoms with Crippen LogP contribution in [0, 0.1) is 5.41 Å². The van der Waals surface area contributed by atoms with E-state index in [4.69, 9.17) is 14.9 Å². The number of hydrogen-bond donors (Lipinski definition) is 2. The average Bonchev–Trinajstić information content (AvgIpc) is 2.87. The minimum absolute atomic E-state index is 0.232. The highest BCUT2D eigenvalue weighted by molar-refractivity contribution is 5.96. The summed E-state index contributed by atoms with van der Waals surface area (Å²) in [5.74, 6) is 1.87. The van der Waals surface area contributed by atoms with Crippen molar-refractivity contribution in [3.8, 4) is 17.2 Å². The molecule has 0 aliphatic carbocycles. The fourth-order valence-electron chi connectivity index (χ4n) is 3.97. The van der Waals surface area contributed by atoms with E-state index in [2.05, 4.69) is 32.0 Å². The number of hydrogen-bond acceptors (Lipinski definition) is 4. The van der Waals surface area contributed by atoms with E-state index in [-0.39, 0.29) is 11.2 Å². The van der Waals surface area contributed by atoms with Crippen molar-refractivity contribution >= 4 is 5.71 Å². The first-order chi connectivity index (χ1) is 16.8. The van der Waals surface area contributed by atoms with Gasteiger partial charge in [0.2, 0.25) is 0 Å². The van der Waals surface area contributed by atoms with Crippen LogP contribution in [0.4, 0.5) is 0 Å². The molecule has 178 valence electrons. The Labute approximate surface area is 207 Å². The van der Waals surface area contributed by atoms with Crippen molar-refractivity contribution in [3.63, 3.8) is 0 Å². The van der Waals surface area contributed by atoms with Crippen LogP contribution < -0.4 is 9.47 Å². The summed E-state index contributed by atoms with van der Waals surface area (Å²) in [6.45, 7) is 7.00. The summed E-state index contributed by atoms with van der Waals surface area (Å²) >= 11 is 0. The Balaban J connectivity index is 1.35. The zero-order valence-electron chi connectivity index (χ0n) is 20.4. The van der Waals surface area contributed by atoms with Crippen molar-refractivity contribution in [2.75, 3.05) is 0 Å². The minimum Gasteiger partial charge on any atom is -0.508 e. The predicted molar refractivity (Wildman–Crippen MR) is 141 cm³/mol. The molecule has 0 fully saturated rings. The number of nitrogens with one attached hydrogen (secondary N) is 1. The molecule has 0 atom stereocenters. The lowest BCUT2D eigenvalue weighted by Crippen LogP contribution is -2.18. The van der Waals surface area contributed by atoms with Crippen LogP contribution in [0.5, 0.6) is 17.2 Å². The highest BCUT2D eigenvalue weighted by Crippen LogP contribution is 2.34. The first kappa shape index (κ1) is 24.1. The largest absolute Gasteiger partial charge is 0.508 e. The molecule has 0 aliphatic heterocycles. The lowest BCUT2D eigenvalue weighted by Gasteiger charge is -2.26. The molecule has 4 heteroatoms. The summed E-state index contributed by atoms with van der Waals surface area (Å²) in [6.07, 6.45) is 0. The van der Waals surface area contributed by atoms with E-state index in [0.717, 1.165) is 39.3 Å². The molecular formula is C31H31NO3. The van der Waals surface area contributed by atoms with E-state index in [1.54, 1.807) is 13.0 Å². The number of phenols is 1. The van der Waals surface area contributed by atoms with Crippen LogP contribution in [0.3, 0.4) is 0 Å². The smallest absolute Gasteiger partial charge is 0.119 e. The third kappa shape index (κ3) is 6.10. The molecule has 0 spiro atoms. The van der Waals surface area contributed by atoms with Crippen LogP contribution in [-0.4, -0.2) is 10.8 Å². The first-order valence-corrected chi connectivity index (χ1v) is 11.7. The molecule has 2 N–H and O–H groups in total. The summed E-state index contributed by atoms with van der Waals surface area (Å²) in [5, 5.41) is 17.5. The van der Waals surface area contributed by atoms with Crippen LogP contribution in [0.25, 0.3) is 0 Å². The summed E-state index contributed by atoms with van der Waals surface area (Å²) in [7, 11) is 0. The van der Waals surface area contributed by atoms with E-state index < -0.39 is 0 Å². The lowest BCUT2D eigenvalue weighted by molar-refractivity contribution is 0.300. The second kappa shape index (κ2) is 10.5. The maximum absolute atomic E-state index is 9.85. The average molecular weight is 466 g/mol. The van der Waals surface area contributed by atoms with Gasteiger partial charge in [0.15, 0.2) is 0 Å². The molecule has 4 aromatic rings. The zero-order valence-corrected chi connectivity index (χ0v) is 20.4. The maximum atomic E-state index is 9.85. The molecule has 0 aromatic heterocycles. The fourth-order valence-corrected chi connectivity index (χ4v) is 3.97. The van der Waals surface area contributed by atoms with Crippen LogP contribution in [0.2, 0.25) is 0 Å². The van der Waals surface area contributed by atoms with Gasteiger partial charge in [0.05, 0.1) is 0 Å². The molecule has 0 bridgehead atoms. The first-order valence-electron chi connectivity index (χ1n) is 11.7. The number of ether oxygens (including phenoxy) is 2. The van der Waals surface area contributed by atoms with Crippen LogP contribution in [0.15, 0.2) is 97.1 Å². The van der Waals surface area contributed by atoms with E-state index in [1.807, 2.05) is 72.8 Å². The lowest BCUT2D eigenvalue weighted by atomic mass is 9.78. The third-order valence-electron chi connectivity index (χ3n) is 6.23. The van der Waals surface area contributed by atoms with Crippen molar-refractivity contribution in [2.24, 2.45) is 0 Å². The Morgan fingerprint density at radius 1 is 0.714 bits per heavy atom. The van der Waals surface area contributed by atoms with Crippen LogP contribution >= 0.6 is 0 Å². The SMILES string of the molecule is CC(=N)c1ccc(OCc2cccc(COc3ccc(C(C)(C)c4cccc(O)c4)cc3)c2)cc1. The van der Waals surface area contributed by atoms with Crippen molar-refractivity contribution < 1.29 is 14.6 Å². The van der Waals surface area contributed by atoms with Crippen LogP contribution in [-0.2, 0) is 18.6 Å². The van der Waals surface area contributed by atoms with Gasteiger partial charge < -0.3 is 20.0 Å². The van der Waals surface area contributed by atoms with Crippen LogP contribution in [0.1, 0.15) is 48.6 Å². The minimum atomic E-state index is -0.232. The summed E-state index contributed by atoms with van der Waals surface area (Å²) in [5.41, 5.74) is 5.56. The number of benzene rings is 4. The van der Waals surface area contributed by atoms with Crippen molar-refractivity contribution in [1.29, 1.82) is 5.41 Å². The van der Waals surface area contributed by atoms with Gasteiger partial charge in [-0.1, -0.05) is 56.3 Å². The Morgan fingerprint density at radius 2 is 1.26 bits per heavy atom. The molecule has 0 heterocycles. The quantitative estimate of drug-likeness (QED) is 0.256. The van der Waals surface area contributed by atoms with Crippen molar-refractivity contribution in [2.45, 2.75) is 39.4 Å². The monoisotopic (exact) mass is 465 g/mol. The van der Waals surface area contributed by atoms with Gasteiger partial charge >= 0.3 is 0 Å². The molecule has 4 nitrogen and oxygen atoms in total. The van der Waals surface area contributed by atoms with Gasteiger partial charge in [-0.25, -0.2) is 0 Å². The van der Waals surface area contributed by atoms with Gasteiger partial charge in [0.1, 0.15) is 30.5 Å². The number of aromatic hydroxyl groups is 1. The maximum Gasteiger partial charge on any atom is 0.119 e. The van der Waals surface area contributed by atoms with E-state index in [0.29, 0.717) is 18.9 Å².